The molecule has 1 aromatic carbocycles. The van der Waals surface area contributed by atoms with Crippen LogP contribution in [0.15, 0.2) is 18.2 Å². The summed E-state index contributed by atoms with van der Waals surface area (Å²) in [7, 11) is 0. The number of ether oxygens (including phenoxy) is 2. The molecule has 0 aromatic heterocycles. The zero-order chi connectivity index (χ0) is 18.9. The van der Waals surface area contributed by atoms with Crippen molar-refractivity contribution < 1.29 is 19.1 Å². The highest BCUT2D eigenvalue weighted by molar-refractivity contribution is 5.95. The normalized spacial score (nSPS) is 19.1. The van der Waals surface area contributed by atoms with E-state index in [-0.39, 0.29) is 12.6 Å². The molecule has 0 heterocycles. The van der Waals surface area contributed by atoms with Gasteiger partial charge in [-0.2, -0.15) is 5.26 Å². The maximum Gasteiger partial charge on any atom is 0.321 e. The zero-order valence-electron chi connectivity index (χ0n) is 15.2. The molecular weight excluding hydrogens is 334 g/mol. The van der Waals surface area contributed by atoms with E-state index in [9.17, 15) is 9.59 Å². The summed E-state index contributed by atoms with van der Waals surface area (Å²) in [6, 6.07) is 6.31. The van der Waals surface area contributed by atoms with Gasteiger partial charge in [0.2, 0.25) is 0 Å². The Kier molecular flexibility index (Phi) is 7.27. The summed E-state index contributed by atoms with van der Waals surface area (Å²) in [5.74, 6) is 0.605. The summed E-state index contributed by atoms with van der Waals surface area (Å²) in [5, 5.41) is 14.1. The highest BCUT2D eigenvalue weighted by Crippen LogP contribution is 2.28. The van der Waals surface area contributed by atoms with Gasteiger partial charge in [-0.25, -0.2) is 4.79 Å². The van der Waals surface area contributed by atoms with Crippen LogP contribution in [0.25, 0.3) is 0 Å². The summed E-state index contributed by atoms with van der Waals surface area (Å²) >= 11 is 0. The number of hydrogen-bond donors (Lipinski definition) is 2. The molecule has 2 N–H and O–H groups in total. The molecule has 26 heavy (non-hydrogen) atoms. The Morgan fingerprint density at radius 1 is 1.23 bits per heavy atom. The number of nitrogens with zero attached hydrogens (tertiary/aromatic N) is 1. The van der Waals surface area contributed by atoms with Crippen LogP contribution in [0.4, 0.5) is 4.79 Å². The number of amides is 3. The fraction of sp³-hybridized carbons (Fsp3) is 0.526. The van der Waals surface area contributed by atoms with E-state index in [1.807, 2.05) is 13.0 Å². The standard InChI is InChI=1S/C19H25N3O4/c1-3-25-17-10-14(11-20)8-9-16(17)26-12-18(23)22-19(24)21-15-7-5-4-6-13(15)2/h8-10,13,15H,3-7,12H2,1-2H3,(H2,21,22,23,24). The number of hydrogen-bond acceptors (Lipinski definition) is 5. The van der Waals surface area contributed by atoms with Crippen LogP contribution in [-0.2, 0) is 4.79 Å². The molecule has 0 radical (unpaired) electrons. The summed E-state index contributed by atoms with van der Waals surface area (Å²) < 4.78 is 10.9. The SMILES string of the molecule is CCOc1cc(C#N)ccc1OCC(=O)NC(=O)NC1CCCCC1C. The monoisotopic (exact) mass is 359 g/mol. The van der Waals surface area contributed by atoms with Gasteiger partial charge in [-0.3, -0.25) is 10.1 Å². The van der Waals surface area contributed by atoms with Crippen molar-refractivity contribution in [3.8, 4) is 17.6 Å². The molecule has 2 atom stereocenters. The first-order chi connectivity index (χ1) is 12.5. The van der Waals surface area contributed by atoms with E-state index in [0.29, 0.717) is 29.6 Å². The molecule has 3 amide bonds. The van der Waals surface area contributed by atoms with E-state index in [1.54, 1.807) is 18.2 Å². The predicted octanol–water partition coefficient (Wildman–Crippen LogP) is 2.74. The summed E-state index contributed by atoms with van der Waals surface area (Å²) in [4.78, 5) is 23.9. The maximum atomic E-state index is 12.0. The van der Waals surface area contributed by atoms with Gasteiger partial charge in [-0.1, -0.05) is 19.8 Å². The lowest BCUT2D eigenvalue weighted by Crippen LogP contribution is -2.48. The van der Waals surface area contributed by atoms with Crippen LogP contribution in [0.3, 0.4) is 0 Å². The molecule has 1 saturated carbocycles. The van der Waals surface area contributed by atoms with Gasteiger partial charge < -0.3 is 14.8 Å². The van der Waals surface area contributed by atoms with Crippen LogP contribution in [0.1, 0.15) is 45.1 Å². The third-order valence-corrected chi connectivity index (χ3v) is 4.41. The molecule has 1 aromatic rings. The van der Waals surface area contributed by atoms with Crippen LogP contribution in [-0.4, -0.2) is 31.2 Å². The molecule has 1 aliphatic rings. The van der Waals surface area contributed by atoms with Crippen molar-refractivity contribution >= 4 is 11.9 Å². The molecule has 1 aliphatic carbocycles. The molecule has 2 rings (SSSR count). The van der Waals surface area contributed by atoms with E-state index in [2.05, 4.69) is 17.6 Å². The van der Waals surface area contributed by atoms with Crippen LogP contribution < -0.4 is 20.1 Å². The van der Waals surface area contributed by atoms with Crippen molar-refractivity contribution in [3.63, 3.8) is 0 Å². The van der Waals surface area contributed by atoms with Crippen LogP contribution in [0, 0.1) is 17.2 Å². The second-order valence-electron chi connectivity index (χ2n) is 6.38. The Bertz CT molecular complexity index is 684. The Morgan fingerprint density at radius 3 is 2.69 bits per heavy atom. The number of carbonyl (C=O) groups is 2. The second-order valence-corrected chi connectivity index (χ2v) is 6.38. The molecule has 7 heteroatoms. The average molecular weight is 359 g/mol. The Hall–Kier alpha value is -2.75. The van der Waals surface area contributed by atoms with E-state index >= 15 is 0 Å². The van der Waals surface area contributed by atoms with Gasteiger partial charge in [-0.05, 0) is 37.8 Å². The predicted molar refractivity (Wildman–Crippen MR) is 95.9 cm³/mol. The molecule has 1 fully saturated rings. The first kappa shape index (κ1) is 19.6. The maximum absolute atomic E-state index is 12.0. The average Bonchev–Trinajstić information content (AvgIpc) is 2.62. The van der Waals surface area contributed by atoms with Crippen molar-refractivity contribution in [3.05, 3.63) is 23.8 Å². The molecule has 2 unspecified atom stereocenters. The quantitative estimate of drug-likeness (QED) is 0.813. The van der Waals surface area contributed by atoms with Crippen LogP contribution >= 0.6 is 0 Å². The van der Waals surface area contributed by atoms with E-state index in [1.165, 1.54) is 6.42 Å². The first-order valence-electron chi connectivity index (χ1n) is 8.93. The van der Waals surface area contributed by atoms with E-state index in [0.717, 1.165) is 19.3 Å². The number of urea groups is 1. The topological polar surface area (TPSA) is 100 Å². The lowest BCUT2D eigenvalue weighted by Gasteiger charge is -2.29. The third-order valence-electron chi connectivity index (χ3n) is 4.41. The lowest BCUT2D eigenvalue weighted by atomic mass is 9.86. The van der Waals surface area contributed by atoms with Crippen molar-refractivity contribution in [2.45, 2.75) is 45.6 Å². The van der Waals surface area contributed by atoms with Gasteiger partial charge in [0, 0.05) is 12.1 Å². The minimum atomic E-state index is -0.544. The van der Waals surface area contributed by atoms with Gasteiger partial charge in [0.1, 0.15) is 0 Å². The third kappa shape index (κ3) is 5.66. The van der Waals surface area contributed by atoms with Crippen LogP contribution in [0.5, 0.6) is 11.5 Å². The number of carbonyl (C=O) groups excluding carboxylic acids is 2. The highest BCUT2D eigenvalue weighted by Gasteiger charge is 2.23. The smallest absolute Gasteiger partial charge is 0.321 e. The Morgan fingerprint density at radius 2 is 2.00 bits per heavy atom. The van der Waals surface area contributed by atoms with Gasteiger partial charge in [0.05, 0.1) is 18.2 Å². The minimum Gasteiger partial charge on any atom is -0.490 e. The molecular formula is C19H25N3O4. The molecule has 0 aliphatic heterocycles. The van der Waals surface area contributed by atoms with Gasteiger partial charge in [0.25, 0.3) is 5.91 Å². The van der Waals surface area contributed by atoms with Crippen molar-refractivity contribution in [2.75, 3.05) is 13.2 Å². The summed E-state index contributed by atoms with van der Waals surface area (Å²) in [6.45, 7) is 4.00. The number of nitrogens with one attached hydrogen (secondary N) is 2. The first-order valence-corrected chi connectivity index (χ1v) is 8.93. The second kappa shape index (κ2) is 9.66. The van der Waals surface area contributed by atoms with Crippen LogP contribution in [0.2, 0.25) is 0 Å². The summed E-state index contributed by atoms with van der Waals surface area (Å²) in [6.07, 6.45) is 4.29. The largest absolute Gasteiger partial charge is 0.490 e. The van der Waals surface area contributed by atoms with Gasteiger partial charge in [0.15, 0.2) is 18.1 Å². The zero-order valence-corrected chi connectivity index (χ0v) is 15.2. The Labute approximate surface area is 153 Å². The number of nitriles is 1. The number of rotatable bonds is 6. The number of imide groups is 1. The molecule has 7 nitrogen and oxygen atoms in total. The fourth-order valence-electron chi connectivity index (χ4n) is 3.01. The van der Waals surface area contributed by atoms with Crippen molar-refractivity contribution in [1.29, 1.82) is 5.26 Å². The van der Waals surface area contributed by atoms with Crippen molar-refractivity contribution in [2.24, 2.45) is 5.92 Å². The van der Waals surface area contributed by atoms with E-state index in [4.69, 9.17) is 14.7 Å². The van der Waals surface area contributed by atoms with Gasteiger partial charge >= 0.3 is 6.03 Å². The molecule has 140 valence electrons. The lowest BCUT2D eigenvalue weighted by molar-refractivity contribution is -0.122. The number of benzene rings is 1. The van der Waals surface area contributed by atoms with E-state index < -0.39 is 11.9 Å². The fourth-order valence-corrected chi connectivity index (χ4v) is 3.01. The van der Waals surface area contributed by atoms with Crippen molar-refractivity contribution in [1.82, 2.24) is 10.6 Å². The Balaban J connectivity index is 1.84. The molecule has 0 bridgehead atoms. The van der Waals surface area contributed by atoms with Gasteiger partial charge in [-0.15, -0.1) is 0 Å². The minimum absolute atomic E-state index is 0.0977. The molecule has 0 spiro atoms. The molecule has 0 saturated heterocycles. The summed E-state index contributed by atoms with van der Waals surface area (Å²) in [5.41, 5.74) is 0.436. The highest BCUT2D eigenvalue weighted by atomic mass is 16.5.